The highest BCUT2D eigenvalue weighted by Crippen LogP contribution is 2.32. The number of aliphatic carboxylic acids is 1. The van der Waals surface area contributed by atoms with Crippen molar-refractivity contribution in [3.63, 3.8) is 0 Å². The van der Waals surface area contributed by atoms with Crippen molar-refractivity contribution >= 4 is 24.5 Å². The van der Waals surface area contributed by atoms with Gasteiger partial charge in [-0.1, -0.05) is 19.3 Å². The zero-order valence-electron chi connectivity index (χ0n) is 10.5. The van der Waals surface area contributed by atoms with Gasteiger partial charge in [0.05, 0.1) is 0 Å². The second-order valence-electron chi connectivity index (χ2n) is 5.48. The van der Waals surface area contributed by atoms with Crippen LogP contribution in [-0.4, -0.2) is 40.2 Å². The van der Waals surface area contributed by atoms with E-state index in [0.29, 0.717) is 18.7 Å². The van der Waals surface area contributed by atoms with Crippen molar-refractivity contribution in [1.82, 2.24) is 4.90 Å². The summed E-state index contributed by atoms with van der Waals surface area (Å²) in [5.74, 6) is 0.159. The molecule has 2 rings (SSSR count). The van der Waals surface area contributed by atoms with Crippen molar-refractivity contribution in [2.24, 2.45) is 11.8 Å². The molecule has 2 unspecified atom stereocenters. The standard InChI is InChI=1S/C13H21NO3S/c15-11-6-9(8-18)7-14(11)12(13(16)17)10-4-2-1-3-5-10/h9-10,12,18H,1-8H2,(H,16,17). The molecule has 1 amide bonds. The maximum absolute atomic E-state index is 12.0. The van der Waals surface area contributed by atoms with E-state index >= 15 is 0 Å². The van der Waals surface area contributed by atoms with Gasteiger partial charge >= 0.3 is 5.97 Å². The first-order valence-corrected chi connectivity index (χ1v) is 7.40. The predicted octanol–water partition coefficient (Wildman–Crippen LogP) is 1.80. The molecule has 0 radical (unpaired) electrons. The van der Waals surface area contributed by atoms with Crippen LogP contribution in [0.2, 0.25) is 0 Å². The number of carbonyl (C=O) groups excluding carboxylic acids is 1. The van der Waals surface area contributed by atoms with Crippen molar-refractivity contribution in [3.8, 4) is 0 Å². The predicted molar refractivity (Wildman–Crippen MR) is 71.7 cm³/mol. The van der Waals surface area contributed by atoms with Gasteiger partial charge in [-0.15, -0.1) is 0 Å². The van der Waals surface area contributed by atoms with E-state index in [1.165, 1.54) is 6.42 Å². The van der Waals surface area contributed by atoms with Gasteiger partial charge in [-0.2, -0.15) is 12.6 Å². The molecule has 2 aliphatic rings. The van der Waals surface area contributed by atoms with E-state index in [1.807, 2.05) is 0 Å². The summed E-state index contributed by atoms with van der Waals surface area (Å²) in [5, 5.41) is 9.45. The molecule has 2 atom stereocenters. The summed E-state index contributed by atoms with van der Waals surface area (Å²) in [4.78, 5) is 25.1. The van der Waals surface area contributed by atoms with Crippen LogP contribution < -0.4 is 0 Å². The molecule has 1 aliphatic heterocycles. The van der Waals surface area contributed by atoms with Gasteiger partial charge in [0, 0.05) is 13.0 Å². The summed E-state index contributed by atoms with van der Waals surface area (Å²) < 4.78 is 0. The average molecular weight is 271 g/mol. The van der Waals surface area contributed by atoms with Crippen molar-refractivity contribution in [2.45, 2.75) is 44.6 Å². The monoisotopic (exact) mass is 271 g/mol. The highest BCUT2D eigenvalue weighted by Gasteiger charge is 2.41. The molecule has 0 aromatic rings. The molecule has 5 heteroatoms. The summed E-state index contributed by atoms with van der Waals surface area (Å²) in [6, 6.07) is -0.609. The molecule has 1 saturated carbocycles. The quantitative estimate of drug-likeness (QED) is 0.767. The number of carboxylic acids is 1. The molecule has 0 bridgehead atoms. The van der Waals surface area contributed by atoms with Crippen LogP contribution >= 0.6 is 12.6 Å². The summed E-state index contributed by atoms with van der Waals surface area (Å²) in [6.07, 6.45) is 5.70. The molecule has 1 saturated heterocycles. The first-order chi connectivity index (χ1) is 8.63. The number of nitrogens with zero attached hydrogens (tertiary/aromatic N) is 1. The SMILES string of the molecule is O=C(O)C(C1CCCCC1)N1CC(CS)CC1=O. The normalized spacial score (nSPS) is 27.5. The molecule has 102 valence electrons. The Kier molecular flexibility index (Phi) is 4.54. The third-order valence-corrected chi connectivity index (χ3v) is 4.70. The van der Waals surface area contributed by atoms with E-state index in [0.717, 1.165) is 25.7 Å². The fourth-order valence-corrected chi connectivity index (χ4v) is 3.48. The Balaban J connectivity index is 2.09. The smallest absolute Gasteiger partial charge is 0.326 e. The minimum atomic E-state index is -0.838. The Hall–Kier alpha value is -0.710. The van der Waals surface area contributed by atoms with Gasteiger partial charge in [0.2, 0.25) is 5.91 Å². The molecular formula is C13H21NO3S. The largest absolute Gasteiger partial charge is 0.480 e. The van der Waals surface area contributed by atoms with E-state index in [1.54, 1.807) is 4.90 Å². The summed E-state index contributed by atoms with van der Waals surface area (Å²) >= 11 is 4.22. The summed E-state index contributed by atoms with van der Waals surface area (Å²) in [5.41, 5.74) is 0. The van der Waals surface area contributed by atoms with E-state index in [-0.39, 0.29) is 17.7 Å². The second-order valence-corrected chi connectivity index (χ2v) is 5.85. The van der Waals surface area contributed by atoms with Crippen molar-refractivity contribution in [1.29, 1.82) is 0 Å². The first-order valence-electron chi connectivity index (χ1n) is 6.76. The minimum absolute atomic E-state index is 0.00739. The first kappa shape index (κ1) is 13.7. The molecule has 0 aromatic carbocycles. The fraction of sp³-hybridized carbons (Fsp3) is 0.846. The zero-order chi connectivity index (χ0) is 13.1. The maximum atomic E-state index is 12.0. The van der Waals surface area contributed by atoms with Crippen LogP contribution in [0.15, 0.2) is 0 Å². The van der Waals surface area contributed by atoms with Crippen molar-refractivity contribution in [2.75, 3.05) is 12.3 Å². The molecule has 1 aliphatic carbocycles. The van der Waals surface area contributed by atoms with Gasteiger partial charge in [0.15, 0.2) is 0 Å². The van der Waals surface area contributed by atoms with E-state index in [4.69, 9.17) is 0 Å². The highest BCUT2D eigenvalue weighted by atomic mass is 32.1. The molecule has 2 fully saturated rings. The fourth-order valence-electron chi connectivity index (χ4n) is 3.24. The average Bonchev–Trinajstić information content (AvgIpc) is 2.72. The number of carbonyl (C=O) groups is 2. The van der Waals surface area contributed by atoms with Crippen LogP contribution in [0.1, 0.15) is 38.5 Å². The molecule has 0 spiro atoms. The second kappa shape index (κ2) is 5.95. The Morgan fingerprint density at radius 3 is 2.56 bits per heavy atom. The van der Waals surface area contributed by atoms with E-state index in [9.17, 15) is 14.7 Å². The molecule has 1 N–H and O–H groups in total. The Bertz CT molecular complexity index is 328. The van der Waals surface area contributed by atoms with Crippen molar-refractivity contribution < 1.29 is 14.7 Å². The van der Waals surface area contributed by atoms with Crippen molar-refractivity contribution in [3.05, 3.63) is 0 Å². The molecule has 1 heterocycles. The van der Waals surface area contributed by atoms with Crippen LogP contribution in [0.25, 0.3) is 0 Å². The van der Waals surface area contributed by atoms with Crippen LogP contribution in [0, 0.1) is 11.8 Å². The lowest BCUT2D eigenvalue weighted by Crippen LogP contribution is -2.47. The third-order valence-electron chi connectivity index (χ3n) is 4.18. The lowest BCUT2D eigenvalue weighted by molar-refractivity contribution is -0.151. The Labute approximate surface area is 113 Å². The zero-order valence-corrected chi connectivity index (χ0v) is 11.4. The van der Waals surface area contributed by atoms with Gasteiger partial charge < -0.3 is 10.0 Å². The number of amides is 1. The lowest BCUT2D eigenvalue weighted by atomic mass is 9.83. The van der Waals surface area contributed by atoms with Gasteiger partial charge in [0.1, 0.15) is 6.04 Å². The van der Waals surface area contributed by atoms with Gasteiger partial charge in [-0.3, -0.25) is 4.79 Å². The highest BCUT2D eigenvalue weighted by molar-refractivity contribution is 7.80. The summed E-state index contributed by atoms with van der Waals surface area (Å²) in [7, 11) is 0. The van der Waals surface area contributed by atoms with Gasteiger partial charge in [-0.25, -0.2) is 4.79 Å². The van der Waals surface area contributed by atoms with Crippen LogP contribution in [0.5, 0.6) is 0 Å². The van der Waals surface area contributed by atoms with Gasteiger partial charge in [0.25, 0.3) is 0 Å². The molecule has 0 aromatic heterocycles. The molecule has 18 heavy (non-hydrogen) atoms. The number of likely N-dealkylation sites (tertiary alicyclic amines) is 1. The van der Waals surface area contributed by atoms with E-state index in [2.05, 4.69) is 12.6 Å². The number of hydrogen-bond donors (Lipinski definition) is 2. The number of rotatable bonds is 4. The van der Waals surface area contributed by atoms with Crippen LogP contribution in [0.4, 0.5) is 0 Å². The third kappa shape index (κ3) is 2.82. The topological polar surface area (TPSA) is 57.6 Å². The number of hydrogen-bond acceptors (Lipinski definition) is 3. The van der Waals surface area contributed by atoms with E-state index < -0.39 is 12.0 Å². The Morgan fingerprint density at radius 2 is 2.06 bits per heavy atom. The van der Waals surface area contributed by atoms with Crippen LogP contribution in [0.3, 0.4) is 0 Å². The summed E-state index contributed by atoms with van der Waals surface area (Å²) in [6.45, 7) is 0.565. The number of carboxylic acid groups (broad SMARTS) is 1. The Morgan fingerprint density at radius 1 is 1.39 bits per heavy atom. The maximum Gasteiger partial charge on any atom is 0.326 e. The minimum Gasteiger partial charge on any atom is -0.480 e. The molecule has 4 nitrogen and oxygen atoms in total. The van der Waals surface area contributed by atoms with Crippen LogP contribution in [-0.2, 0) is 9.59 Å². The van der Waals surface area contributed by atoms with Gasteiger partial charge in [-0.05, 0) is 30.4 Å². The molecular weight excluding hydrogens is 250 g/mol. The lowest BCUT2D eigenvalue weighted by Gasteiger charge is -2.33. The number of thiol groups is 1.